The minimum atomic E-state index is -0.262. The lowest BCUT2D eigenvalue weighted by Gasteiger charge is -2.22. The van der Waals surface area contributed by atoms with Crippen molar-refractivity contribution in [3.05, 3.63) is 89.9 Å². The standard InChI is InChI=1S/C26H27N3O2/c1-3-4-17-31-22-10-8-21(9-11-22)29-24(20-13-15-27-16-14-20)23-12-7-19-6-5-18(2)28-25(19)26(23)30/h5-16,24,29-30H,3-4,17H2,1-2H3. The zero-order valence-electron chi connectivity index (χ0n) is 17.9. The normalized spacial score (nSPS) is 11.9. The molecule has 2 heterocycles. The Morgan fingerprint density at radius 1 is 0.968 bits per heavy atom. The van der Waals surface area contributed by atoms with Crippen LogP contribution in [-0.4, -0.2) is 21.7 Å². The fraction of sp³-hybridized carbons (Fsp3) is 0.231. The Morgan fingerprint density at radius 2 is 1.71 bits per heavy atom. The predicted octanol–water partition coefficient (Wildman–Crippen LogP) is 6.02. The number of unbranched alkanes of at least 4 members (excludes halogenated alkanes) is 1. The number of nitrogens with one attached hydrogen (secondary N) is 1. The third kappa shape index (κ3) is 4.77. The Kier molecular flexibility index (Phi) is 6.32. The lowest BCUT2D eigenvalue weighted by atomic mass is 9.96. The molecule has 0 spiro atoms. The van der Waals surface area contributed by atoms with E-state index >= 15 is 0 Å². The van der Waals surface area contributed by atoms with Gasteiger partial charge in [0.05, 0.1) is 12.6 Å². The van der Waals surface area contributed by atoms with Crippen molar-refractivity contribution in [1.82, 2.24) is 9.97 Å². The smallest absolute Gasteiger partial charge is 0.147 e. The lowest BCUT2D eigenvalue weighted by Crippen LogP contribution is -2.13. The molecule has 0 bridgehead atoms. The number of aromatic nitrogens is 2. The maximum absolute atomic E-state index is 11.1. The van der Waals surface area contributed by atoms with E-state index in [1.807, 2.05) is 67.6 Å². The minimum absolute atomic E-state index is 0.190. The van der Waals surface area contributed by atoms with E-state index in [0.29, 0.717) is 5.52 Å². The van der Waals surface area contributed by atoms with Crippen LogP contribution in [0.25, 0.3) is 10.9 Å². The predicted molar refractivity (Wildman–Crippen MR) is 125 cm³/mol. The summed E-state index contributed by atoms with van der Waals surface area (Å²) in [4.78, 5) is 8.70. The average molecular weight is 414 g/mol. The molecule has 0 aliphatic rings. The molecular formula is C26H27N3O2. The van der Waals surface area contributed by atoms with Crippen LogP contribution in [0.3, 0.4) is 0 Å². The zero-order valence-corrected chi connectivity index (χ0v) is 17.9. The number of anilines is 1. The van der Waals surface area contributed by atoms with Crippen molar-refractivity contribution in [2.24, 2.45) is 0 Å². The highest BCUT2D eigenvalue weighted by Crippen LogP contribution is 2.36. The molecule has 5 nitrogen and oxygen atoms in total. The van der Waals surface area contributed by atoms with Gasteiger partial charge in [0.2, 0.25) is 0 Å². The number of phenols is 1. The SMILES string of the molecule is CCCCOc1ccc(NC(c2ccncc2)c2ccc3ccc(C)nc3c2O)cc1. The first-order valence-corrected chi connectivity index (χ1v) is 10.6. The second kappa shape index (κ2) is 9.47. The lowest BCUT2D eigenvalue weighted by molar-refractivity contribution is 0.309. The number of phenolic OH excluding ortho intramolecular Hbond substituents is 1. The van der Waals surface area contributed by atoms with Gasteiger partial charge in [-0.1, -0.05) is 31.5 Å². The summed E-state index contributed by atoms with van der Waals surface area (Å²) in [7, 11) is 0. The van der Waals surface area contributed by atoms with Crippen LogP contribution in [-0.2, 0) is 0 Å². The van der Waals surface area contributed by atoms with Crippen LogP contribution >= 0.6 is 0 Å². The van der Waals surface area contributed by atoms with E-state index < -0.39 is 0 Å². The van der Waals surface area contributed by atoms with E-state index in [-0.39, 0.29) is 11.8 Å². The highest BCUT2D eigenvalue weighted by atomic mass is 16.5. The van der Waals surface area contributed by atoms with Crippen molar-refractivity contribution in [2.75, 3.05) is 11.9 Å². The topological polar surface area (TPSA) is 67.3 Å². The molecular weight excluding hydrogens is 386 g/mol. The van der Waals surface area contributed by atoms with E-state index in [0.717, 1.165) is 53.1 Å². The van der Waals surface area contributed by atoms with Crippen LogP contribution in [0.5, 0.6) is 11.5 Å². The van der Waals surface area contributed by atoms with Gasteiger partial charge >= 0.3 is 0 Å². The van der Waals surface area contributed by atoms with Crippen molar-refractivity contribution in [1.29, 1.82) is 0 Å². The van der Waals surface area contributed by atoms with Gasteiger partial charge in [-0.2, -0.15) is 0 Å². The van der Waals surface area contributed by atoms with Crippen LogP contribution in [0.4, 0.5) is 5.69 Å². The van der Waals surface area contributed by atoms with Crippen LogP contribution in [0, 0.1) is 6.92 Å². The molecule has 5 heteroatoms. The summed E-state index contributed by atoms with van der Waals surface area (Å²) < 4.78 is 5.77. The minimum Gasteiger partial charge on any atom is -0.505 e. The molecule has 0 amide bonds. The Hall–Kier alpha value is -3.60. The summed E-state index contributed by atoms with van der Waals surface area (Å²) >= 11 is 0. The largest absolute Gasteiger partial charge is 0.505 e. The molecule has 31 heavy (non-hydrogen) atoms. The number of aromatic hydroxyl groups is 1. The van der Waals surface area contributed by atoms with Gasteiger partial charge in [-0.25, -0.2) is 4.98 Å². The molecule has 1 atom stereocenters. The van der Waals surface area contributed by atoms with Gasteiger partial charge in [0.25, 0.3) is 0 Å². The Labute approximate surface area is 182 Å². The van der Waals surface area contributed by atoms with Gasteiger partial charge in [-0.3, -0.25) is 4.98 Å². The summed E-state index contributed by atoms with van der Waals surface area (Å²) in [6.45, 7) is 4.79. The Morgan fingerprint density at radius 3 is 2.45 bits per heavy atom. The first-order chi connectivity index (χ1) is 15.2. The summed E-state index contributed by atoms with van der Waals surface area (Å²) in [6.07, 6.45) is 5.67. The summed E-state index contributed by atoms with van der Waals surface area (Å²) in [6, 6.07) is 19.4. The van der Waals surface area contributed by atoms with E-state index in [4.69, 9.17) is 4.74 Å². The fourth-order valence-corrected chi connectivity index (χ4v) is 3.56. The summed E-state index contributed by atoms with van der Waals surface area (Å²) in [5.74, 6) is 1.04. The van der Waals surface area contributed by atoms with Gasteiger partial charge in [0.15, 0.2) is 0 Å². The number of rotatable bonds is 8. The molecule has 158 valence electrons. The molecule has 0 aliphatic heterocycles. The molecule has 1 unspecified atom stereocenters. The van der Waals surface area contributed by atoms with Crippen LogP contribution < -0.4 is 10.1 Å². The van der Waals surface area contributed by atoms with Gasteiger partial charge in [-0.05, 0) is 61.4 Å². The molecule has 0 aliphatic carbocycles. The fourth-order valence-electron chi connectivity index (χ4n) is 3.56. The number of benzene rings is 2. The quantitative estimate of drug-likeness (QED) is 0.346. The highest BCUT2D eigenvalue weighted by molar-refractivity contribution is 5.86. The van der Waals surface area contributed by atoms with Crippen LogP contribution in [0.1, 0.15) is 42.6 Å². The first-order valence-electron chi connectivity index (χ1n) is 10.6. The summed E-state index contributed by atoms with van der Waals surface area (Å²) in [5, 5.41) is 15.6. The Balaban J connectivity index is 1.68. The maximum Gasteiger partial charge on any atom is 0.147 e. The highest BCUT2D eigenvalue weighted by Gasteiger charge is 2.20. The van der Waals surface area contributed by atoms with Crippen molar-refractivity contribution in [3.8, 4) is 11.5 Å². The third-order valence-electron chi connectivity index (χ3n) is 5.29. The van der Waals surface area contributed by atoms with Gasteiger partial charge in [-0.15, -0.1) is 0 Å². The molecule has 0 saturated carbocycles. The van der Waals surface area contributed by atoms with E-state index in [1.54, 1.807) is 12.4 Å². The molecule has 4 rings (SSSR count). The van der Waals surface area contributed by atoms with Crippen molar-refractivity contribution < 1.29 is 9.84 Å². The molecule has 2 N–H and O–H groups in total. The second-order valence-corrected chi connectivity index (χ2v) is 7.61. The number of aryl methyl sites for hydroxylation is 1. The Bertz CT molecular complexity index is 1140. The monoisotopic (exact) mass is 413 g/mol. The van der Waals surface area contributed by atoms with E-state index in [2.05, 4.69) is 22.2 Å². The van der Waals surface area contributed by atoms with E-state index in [1.165, 1.54) is 0 Å². The maximum atomic E-state index is 11.1. The molecule has 2 aromatic heterocycles. The van der Waals surface area contributed by atoms with Crippen molar-refractivity contribution >= 4 is 16.6 Å². The molecule has 0 saturated heterocycles. The molecule has 0 fully saturated rings. The second-order valence-electron chi connectivity index (χ2n) is 7.61. The number of pyridine rings is 2. The van der Waals surface area contributed by atoms with Crippen LogP contribution in [0.2, 0.25) is 0 Å². The van der Waals surface area contributed by atoms with Gasteiger partial charge in [0.1, 0.15) is 17.0 Å². The molecule has 4 aromatic rings. The third-order valence-corrected chi connectivity index (χ3v) is 5.29. The number of nitrogens with zero attached hydrogens (tertiary/aromatic N) is 2. The molecule has 0 radical (unpaired) electrons. The van der Waals surface area contributed by atoms with Crippen molar-refractivity contribution in [2.45, 2.75) is 32.7 Å². The van der Waals surface area contributed by atoms with Crippen LogP contribution in [0.15, 0.2) is 73.1 Å². The molecule has 2 aromatic carbocycles. The number of ether oxygens (including phenoxy) is 1. The zero-order chi connectivity index (χ0) is 21.6. The number of hydrogen-bond donors (Lipinski definition) is 2. The van der Waals surface area contributed by atoms with Gasteiger partial charge < -0.3 is 15.2 Å². The van der Waals surface area contributed by atoms with Crippen molar-refractivity contribution in [3.63, 3.8) is 0 Å². The van der Waals surface area contributed by atoms with Gasteiger partial charge in [0, 0.05) is 34.7 Å². The first kappa shape index (κ1) is 20.7. The number of fused-ring (bicyclic) bond motifs is 1. The van der Waals surface area contributed by atoms with E-state index in [9.17, 15) is 5.11 Å². The number of hydrogen-bond acceptors (Lipinski definition) is 5. The average Bonchev–Trinajstić information content (AvgIpc) is 2.80. The summed E-state index contributed by atoms with van der Waals surface area (Å²) in [5.41, 5.74) is 4.17.